The number of nitrogens with zero attached hydrogens (tertiary/aromatic N) is 2. The number of phenols is 1. The second kappa shape index (κ2) is 5.29. The second-order valence-electron chi connectivity index (χ2n) is 4.89. The maximum absolute atomic E-state index is 9.93. The number of fused-ring (bicyclic) bond motifs is 1. The molecule has 0 atom stereocenters. The first-order valence-corrected chi connectivity index (χ1v) is 7.48. The predicted molar refractivity (Wildman–Crippen MR) is 82.7 cm³/mol. The second-order valence-corrected chi connectivity index (χ2v) is 5.86. The van der Waals surface area contributed by atoms with Gasteiger partial charge in [0.2, 0.25) is 0 Å². The molecule has 5 nitrogen and oxygen atoms in total. The number of hydrogen-bond acceptors (Lipinski definition) is 5. The lowest BCUT2D eigenvalue weighted by Crippen LogP contribution is -1.94. The largest absolute Gasteiger partial charge is 0.508 e. The number of aryl methyl sites for hydroxylation is 1. The third-order valence-corrected chi connectivity index (χ3v) is 4.25. The van der Waals surface area contributed by atoms with Gasteiger partial charge >= 0.3 is 0 Å². The van der Waals surface area contributed by atoms with Crippen molar-refractivity contribution in [2.75, 3.05) is 0 Å². The van der Waals surface area contributed by atoms with Gasteiger partial charge in [0.05, 0.1) is 16.7 Å². The molecule has 1 aromatic carbocycles. The maximum atomic E-state index is 9.93. The van der Waals surface area contributed by atoms with E-state index in [4.69, 9.17) is 0 Å². The smallest absolute Gasteiger partial charge is 0.166 e. The van der Waals surface area contributed by atoms with Gasteiger partial charge in [-0.15, -0.1) is 0 Å². The Labute approximate surface area is 126 Å². The van der Waals surface area contributed by atoms with E-state index < -0.39 is 0 Å². The number of aromatic nitrogens is 3. The molecule has 108 valence electrons. The Balaban J connectivity index is 1.82. The minimum atomic E-state index is 0.200. The number of aromatic hydroxyl groups is 2. The average molecular weight is 301 g/mol. The molecule has 21 heavy (non-hydrogen) atoms. The van der Waals surface area contributed by atoms with E-state index in [1.807, 2.05) is 13.8 Å². The van der Waals surface area contributed by atoms with Gasteiger partial charge in [0.15, 0.2) is 5.16 Å². The van der Waals surface area contributed by atoms with E-state index >= 15 is 0 Å². The van der Waals surface area contributed by atoms with Crippen LogP contribution in [0.4, 0.5) is 0 Å². The zero-order valence-corrected chi connectivity index (χ0v) is 12.5. The molecule has 0 aliphatic carbocycles. The Morgan fingerprint density at radius 1 is 1.24 bits per heavy atom. The third kappa shape index (κ3) is 2.67. The summed E-state index contributed by atoms with van der Waals surface area (Å²) in [6.45, 7) is 3.69. The first-order chi connectivity index (χ1) is 10.0. The SMILES string of the molecule is Cc1cnc(CSc2nc3cc(O)ccc3[nH]2)c(C)c1O. The van der Waals surface area contributed by atoms with Gasteiger partial charge in [0.25, 0.3) is 0 Å². The number of nitrogens with one attached hydrogen (secondary N) is 1. The minimum absolute atomic E-state index is 0.200. The van der Waals surface area contributed by atoms with Crippen molar-refractivity contribution in [2.24, 2.45) is 0 Å². The van der Waals surface area contributed by atoms with E-state index in [0.29, 0.717) is 11.5 Å². The molecule has 3 N–H and O–H groups in total. The predicted octanol–water partition coefficient (Wildman–Crippen LogP) is 3.28. The fourth-order valence-electron chi connectivity index (χ4n) is 2.09. The molecule has 0 bridgehead atoms. The Kier molecular flexibility index (Phi) is 3.47. The van der Waals surface area contributed by atoms with Crippen molar-refractivity contribution in [1.82, 2.24) is 15.0 Å². The zero-order valence-electron chi connectivity index (χ0n) is 11.7. The quantitative estimate of drug-likeness (QED) is 0.647. The van der Waals surface area contributed by atoms with Crippen molar-refractivity contribution in [3.05, 3.63) is 41.2 Å². The molecule has 0 aliphatic rings. The van der Waals surface area contributed by atoms with Gasteiger partial charge in [-0.1, -0.05) is 11.8 Å². The fourth-order valence-corrected chi connectivity index (χ4v) is 3.00. The van der Waals surface area contributed by atoms with Crippen LogP contribution in [0.2, 0.25) is 0 Å². The highest BCUT2D eigenvalue weighted by molar-refractivity contribution is 7.98. The molecule has 2 heterocycles. The molecule has 0 spiro atoms. The Bertz CT molecular complexity index is 814. The molecule has 0 saturated carbocycles. The standard InChI is InChI=1S/C15H15N3O2S/c1-8-6-16-13(9(2)14(8)20)7-21-15-17-11-4-3-10(19)5-12(11)18-15/h3-6,19H,7H2,1-2H3,(H,16,20)(H,17,18). The fraction of sp³-hybridized carbons (Fsp3) is 0.200. The van der Waals surface area contributed by atoms with Crippen LogP contribution in [0.25, 0.3) is 11.0 Å². The van der Waals surface area contributed by atoms with Crippen LogP contribution in [0.3, 0.4) is 0 Å². The summed E-state index contributed by atoms with van der Waals surface area (Å²) in [5, 5.41) is 20.1. The van der Waals surface area contributed by atoms with Crippen molar-refractivity contribution in [3.63, 3.8) is 0 Å². The number of benzene rings is 1. The van der Waals surface area contributed by atoms with Crippen LogP contribution in [0, 0.1) is 13.8 Å². The van der Waals surface area contributed by atoms with Crippen molar-refractivity contribution >= 4 is 22.8 Å². The summed E-state index contributed by atoms with van der Waals surface area (Å²) in [7, 11) is 0. The maximum Gasteiger partial charge on any atom is 0.166 e. The third-order valence-electron chi connectivity index (χ3n) is 3.37. The molecular weight excluding hydrogens is 286 g/mol. The summed E-state index contributed by atoms with van der Waals surface area (Å²) in [4.78, 5) is 12.0. The highest BCUT2D eigenvalue weighted by Gasteiger charge is 2.10. The first kappa shape index (κ1) is 13.8. The normalized spacial score (nSPS) is 11.1. The number of phenolic OH excluding ortho intramolecular Hbond substituents is 1. The van der Waals surface area contributed by atoms with Gasteiger partial charge in [-0.25, -0.2) is 4.98 Å². The zero-order chi connectivity index (χ0) is 15.0. The van der Waals surface area contributed by atoms with E-state index in [1.54, 1.807) is 24.4 Å². The molecule has 3 rings (SSSR count). The lowest BCUT2D eigenvalue weighted by atomic mass is 10.1. The van der Waals surface area contributed by atoms with E-state index in [-0.39, 0.29) is 5.75 Å². The van der Waals surface area contributed by atoms with Crippen LogP contribution >= 0.6 is 11.8 Å². The van der Waals surface area contributed by atoms with Gasteiger partial charge in [0, 0.05) is 29.1 Å². The van der Waals surface area contributed by atoms with Crippen molar-refractivity contribution < 1.29 is 10.2 Å². The number of rotatable bonds is 3. The monoisotopic (exact) mass is 301 g/mol. The van der Waals surface area contributed by atoms with Crippen LogP contribution in [-0.2, 0) is 5.75 Å². The molecule has 0 unspecified atom stereocenters. The Morgan fingerprint density at radius 3 is 2.86 bits per heavy atom. The van der Waals surface area contributed by atoms with Crippen LogP contribution in [-0.4, -0.2) is 25.2 Å². The number of imidazole rings is 1. The molecule has 3 aromatic rings. The van der Waals surface area contributed by atoms with E-state index in [1.165, 1.54) is 11.8 Å². The molecule has 0 saturated heterocycles. The van der Waals surface area contributed by atoms with Crippen molar-refractivity contribution in [3.8, 4) is 11.5 Å². The van der Waals surface area contributed by atoms with Gasteiger partial charge in [-0.2, -0.15) is 0 Å². The van der Waals surface area contributed by atoms with Crippen LogP contribution in [0.1, 0.15) is 16.8 Å². The van der Waals surface area contributed by atoms with Gasteiger partial charge in [-0.05, 0) is 26.0 Å². The molecule has 0 radical (unpaired) electrons. The van der Waals surface area contributed by atoms with Crippen LogP contribution < -0.4 is 0 Å². The summed E-state index contributed by atoms with van der Waals surface area (Å²) < 4.78 is 0. The van der Waals surface area contributed by atoms with Crippen LogP contribution in [0.15, 0.2) is 29.6 Å². The number of H-pyrrole nitrogens is 1. The first-order valence-electron chi connectivity index (χ1n) is 6.50. The van der Waals surface area contributed by atoms with Gasteiger partial charge in [-0.3, -0.25) is 4.98 Å². The average Bonchev–Trinajstić information content (AvgIpc) is 2.86. The molecule has 0 aliphatic heterocycles. The molecule has 0 fully saturated rings. The number of hydrogen-bond donors (Lipinski definition) is 3. The summed E-state index contributed by atoms with van der Waals surface area (Å²) in [5.41, 5.74) is 4.03. The molecule has 0 amide bonds. The highest BCUT2D eigenvalue weighted by Crippen LogP contribution is 2.28. The summed E-state index contributed by atoms with van der Waals surface area (Å²) >= 11 is 1.51. The summed E-state index contributed by atoms with van der Waals surface area (Å²) in [6, 6.07) is 5.04. The molecular formula is C15H15N3O2S. The Morgan fingerprint density at radius 2 is 2.05 bits per heavy atom. The lowest BCUT2D eigenvalue weighted by Gasteiger charge is -2.07. The van der Waals surface area contributed by atoms with E-state index in [2.05, 4.69) is 15.0 Å². The van der Waals surface area contributed by atoms with Crippen molar-refractivity contribution in [2.45, 2.75) is 24.8 Å². The number of aromatic amines is 1. The number of thioether (sulfide) groups is 1. The molecule has 2 aromatic heterocycles. The Hall–Kier alpha value is -2.21. The summed E-state index contributed by atoms with van der Waals surface area (Å²) in [5.74, 6) is 1.12. The van der Waals surface area contributed by atoms with Gasteiger partial charge < -0.3 is 15.2 Å². The van der Waals surface area contributed by atoms with Crippen molar-refractivity contribution in [1.29, 1.82) is 0 Å². The topological polar surface area (TPSA) is 82.0 Å². The van der Waals surface area contributed by atoms with E-state index in [9.17, 15) is 10.2 Å². The summed E-state index contributed by atoms with van der Waals surface area (Å²) in [6.07, 6.45) is 1.68. The van der Waals surface area contributed by atoms with Gasteiger partial charge in [0.1, 0.15) is 11.5 Å². The van der Waals surface area contributed by atoms with E-state index in [0.717, 1.165) is 33.0 Å². The minimum Gasteiger partial charge on any atom is -0.508 e. The highest BCUT2D eigenvalue weighted by atomic mass is 32.2. The molecule has 6 heteroatoms. The number of pyridine rings is 1. The van der Waals surface area contributed by atoms with Crippen LogP contribution in [0.5, 0.6) is 11.5 Å². The lowest BCUT2D eigenvalue weighted by molar-refractivity contribution is 0.465.